The molecule has 2 aliphatic rings. The highest BCUT2D eigenvalue weighted by Gasteiger charge is 2.24. The van der Waals surface area contributed by atoms with Gasteiger partial charge in [-0.15, -0.1) is 0 Å². The molecule has 0 spiro atoms. The molecule has 3 rings (SSSR count). The van der Waals surface area contributed by atoms with Gasteiger partial charge in [-0.25, -0.2) is 0 Å². The molecule has 0 fully saturated rings. The van der Waals surface area contributed by atoms with Crippen molar-refractivity contribution in [3.05, 3.63) is 28.8 Å². The summed E-state index contributed by atoms with van der Waals surface area (Å²) in [6.45, 7) is 0.822. The van der Waals surface area contributed by atoms with Crippen LogP contribution in [0.15, 0.2) is 17.7 Å². The van der Waals surface area contributed by atoms with E-state index in [1.165, 1.54) is 5.56 Å². The molecule has 0 unspecified atom stereocenters. The third kappa shape index (κ3) is 1.78. The van der Waals surface area contributed by atoms with Crippen molar-refractivity contribution in [3.63, 3.8) is 0 Å². The van der Waals surface area contributed by atoms with Crippen LogP contribution in [-0.2, 0) is 16.0 Å². The lowest BCUT2D eigenvalue weighted by atomic mass is 9.84. The largest absolute Gasteiger partial charge is 0.454 e. The third-order valence-corrected chi connectivity index (χ3v) is 3.40. The lowest BCUT2D eigenvalue weighted by Crippen LogP contribution is -2.19. The fourth-order valence-corrected chi connectivity index (χ4v) is 2.48. The van der Waals surface area contributed by atoms with Crippen LogP contribution in [0.4, 0.5) is 0 Å². The van der Waals surface area contributed by atoms with E-state index in [1.54, 1.807) is 7.11 Å². The Balaban J connectivity index is 2.01. The topological polar surface area (TPSA) is 44.8 Å². The van der Waals surface area contributed by atoms with Crippen molar-refractivity contribution < 1.29 is 19.0 Å². The normalized spacial score (nSPS) is 20.3. The van der Waals surface area contributed by atoms with E-state index in [4.69, 9.17) is 14.2 Å². The Hall–Kier alpha value is -1.81. The standard InChI is InChI=1S/C14H14O4/c1-16-7-12-3-10-5-14-13(17-8-18-14)4-9(10)2-11(12)6-15/h2,4-6,12H,3,7-8H2,1H3/t12-/m0/s1. The molecule has 0 amide bonds. The van der Waals surface area contributed by atoms with Crippen molar-refractivity contribution in [3.8, 4) is 11.5 Å². The lowest BCUT2D eigenvalue weighted by Gasteiger charge is -2.22. The van der Waals surface area contributed by atoms with Crippen molar-refractivity contribution in [1.29, 1.82) is 0 Å². The molecule has 0 bridgehead atoms. The van der Waals surface area contributed by atoms with Crippen molar-refractivity contribution in [2.75, 3.05) is 20.5 Å². The summed E-state index contributed by atoms with van der Waals surface area (Å²) in [6.07, 6.45) is 3.62. The molecule has 1 aromatic carbocycles. The van der Waals surface area contributed by atoms with Gasteiger partial charge in [0.05, 0.1) is 6.61 Å². The fourth-order valence-electron chi connectivity index (χ4n) is 2.48. The zero-order valence-electron chi connectivity index (χ0n) is 10.1. The van der Waals surface area contributed by atoms with Crippen LogP contribution in [0.25, 0.3) is 6.08 Å². The van der Waals surface area contributed by atoms with Crippen LogP contribution in [0, 0.1) is 5.92 Å². The van der Waals surface area contributed by atoms with Gasteiger partial charge in [0.25, 0.3) is 0 Å². The van der Waals surface area contributed by atoms with E-state index in [0.717, 1.165) is 35.3 Å². The number of rotatable bonds is 3. The van der Waals surface area contributed by atoms with Gasteiger partial charge in [0.2, 0.25) is 6.79 Å². The van der Waals surface area contributed by atoms with E-state index < -0.39 is 0 Å². The molecule has 4 nitrogen and oxygen atoms in total. The lowest BCUT2D eigenvalue weighted by molar-refractivity contribution is -0.105. The maximum Gasteiger partial charge on any atom is 0.231 e. The molecule has 4 heteroatoms. The molecule has 18 heavy (non-hydrogen) atoms. The second-order valence-corrected chi connectivity index (χ2v) is 4.52. The van der Waals surface area contributed by atoms with Gasteiger partial charge in [-0.3, -0.25) is 4.79 Å². The van der Waals surface area contributed by atoms with Crippen LogP contribution in [-0.4, -0.2) is 26.8 Å². The SMILES string of the molecule is COC[C@@H]1Cc2cc3c(cc2C=C1C=O)OCO3. The first-order valence-corrected chi connectivity index (χ1v) is 5.90. The van der Waals surface area contributed by atoms with Crippen LogP contribution in [0.5, 0.6) is 11.5 Å². The molecule has 0 saturated heterocycles. The highest BCUT2D eigenvalue weighted by atomic mass is 16.7. The Labute approximate surface area is 105 Å². The van der Waals surface area contributed by atoms with Crippen molar-refractivity contribution in [1.82, 2.24) is 0 Å². The van der Waals surface area contributed by atoms with Gasteiger partial charge in [0, 0.05) is 13.0 Å². The number of aldehydes is 1. The summed E-state index contributed by atoms with van der Waals surface area (Å²) in [4.78, 5) is 11.1. The van der Waals surface area contributed by atoms with Crippen molar-refractivity contribution in [2.45, 2.75) is 6.42 Å². The Morgan fingerprint density at radius 2 is 2.17 bits per heavy atom. The summed E-state index contributed by atoms with van der Waals surface area (Å²) in [5.41, 5.74) is 2.99. The quantitative estimate of drug-likeness (QED) is 0.763. The van der Waals surface area contributed by atoms with Gasteiger partial charge in [-0.2, -0.15) is 0 Å². The first kappa shape index (κ1) is 11.3. The molecule has 1 aromatic rings. The van der Waals surface area contributed by atoms with E-state index in [-0.39, 0.29) is 12.7 Å². The maximum atomic E-state index is 11.1. The average molecular weight is 246 g/mol. The second-order valence-electron chi connectivity index (χ2n) is 4.52. The van der Waals surface area contributed by atoms with Gasteiger partial charge >= 0.3 is 0 Å². The highest BCUT2D eigenvalue weighted by molar-refractivity contribution is 5.85. The average Bonchev–Trinajstić information content (AvgIpc) is 2.82. The molecule has 1 atom stereocenters. The van der Waals surface area contributed by atoms with Gasteiger partial charge in [-0.1, -0.05) is 0 Å². The molecule has 0 aromatic heterocycles. The molecule has 1 heterocycles. The van der Waals surface area contributed by atoms with E-state index in [1.807, 2.05) is 18.2 Å². The molecule has 94 valence electrons. The predicted octanol–water partition coefficient (Wildman–Crippen LogP) is 1.82. The smallest absolute Gasteiger partial charge is 0.231 e. The Kier molecular flexibility index (Phi) is 2.80. The first-order chi connectivity index (χ1) is 8.81. The van der Waals surface area contributed by atoms with Crippen LogP contribution in [0.1, 0.15) is 11.1 Å². The molecular formula is C14H14O4. The summed E-state index contributed by atoms with van der Waals surface area (Å²) in [6, 6.07) is 3.93. The molecule has 1 aliphatic carbocycles. The summed E-state index contributed by atoms with van der Waals surface area (Å²) in [5, 5.41) is 0. The van der Waals surface area contributed by atoms with Crippen LogP contribution in [0.3, 0.4) is 0 Å². The van der Waals surface area contributed by atoms with E-state index in [2.05, 4.69) is 0 Å². The minimum absolute atomic E-state index is 0.125. The molecule has 0 radical (unpaired) electrons. The van der Waals surface area contributed by atoms with Crippen molar-refractivity contribution >= 4 is 12.4 Å². The summed E-state index contributed by atoms with van der Waals surface area (Å²) < 4.78 is 15.9. The summed E-state index contributed by atoms with van der Waals surface area (Å²) in [5.74, 6) is 1.66. The number of fused-ring (bicyclic) bond motifs is 2. The Bertz CT molecular complexity index is 519. The van der Waals surface area contributed by atoms with Gasteiger partial charge in [0.1, 0.15) is 6.29 Å². The summed E-state index contributed by atoms with van der Waals surface area (Å²) in [7, 11) is 1.65. The number of carbonyl (C=O) groups excluding carboxylic acids is 1. The Morgan fingerprint density at radius 3 is 2.89 bits per heavy atom. The second kappa shape index (κ2) is 4.46. The highest BCUT2D eigenvalue weighted by Crippen LogP contribution is 2.39. The first-order valence-electron chi connectivity index (χ1n) is 5.90. The predicted molar refractivity (Wildman–Crippen MR) is 65.7 cm³/mol. The van der Waals surface area contributed by atoms with Gasteiger partial charge < -0.3 is 14.2 Å². The molecule has 0 saturated carbocycles. The van der Waals surface area contributed by atoms with Crippen molar-refractivity contribution in [2.24, 2.45) is 5.92 Å². The van der Waals surface area contributed by atoms with Crippen LogP contribution >= 0.6 is 0 Å². The minimum Gasteiger partial charge on any atom is -0.454 e. The summed E-state index contributed by atoms with van der Waals surface area (Å²) >= 11 is 0. The molecule has 0 N–H and O–H groups in total. The number of methoxy groups -OCH3 is 1. The third-order valence-electron chi connectivity index (χ3n) is 3.40. The number of hydrogen-bond donors (Lipinski definition) is 0. The van der Waals surface area contributed by atoms with Gasteiger partial charge in [-0.05, 0) is 41.3 Å². The minimum atomic E-state index is 0.125. The maximum absolute atomic E-state index is 11.1. The molecular weight excluding hydrogens is 232 g/mol. The fraction of sp³-hybridized carbons (Fsp3) is 0.357. The van der Waals surface area contributed by atoms with E-state index >= 15 is 0 Å². The zero-order valence-corrected chi connectivity index (χ0v) is 10.1. The zero-order chi connectivity index (χ0) is 12.5. The molecule has 1 aliphatic heterocycles. The number of benzene rings is 1. The van der Waals surface area contributed by atoms with E-state index in [9.17, 15) is 4.79 Å². The Morgan fingerprint density at radius 1 is 1.39 bits per heavy atom. The number of hydrogen-bond acceptors (Lipinski definition) is 4. The van der Waals surface area contributed by atoms with E-state index in [0.29, 0.717) is 6.61 Å². The number of ether oxygens (including phenoxy) is 3. The monoisotopic (exact) mass is 246 g/mol. The van der Waals surface area contributed by atoms with Gasteiger partial charge in [0.15, 0.2) is 11.5 Å². The van der Waals surface area contributed by atoms with Crippen LogP contribution < -0.4 is 9.47 Å². The number of carbonyl (C=O) groups is 1. The van der Waals surface area contributed by atoms with Crippen LogP contribution in [0.2, 0.25) is 0 Å².